The molecule has 1 atom stereocenters. The number of rotatable bonds is 3. The number of carboxylic acids is 1. The normalized spacial score (nSPS) is 12.2. The van der Waals surface area contributed by atoms with Gasteiger partial charge in [0.15, 0.2) is 6.10 Å². The molecule has 0 radical (unpaired) electrons. The lowest BCUT2D eigenvalue weighted by atomic mass is 10.1. The first-order valence-corrected chi connectivity index (χ1v) is 4.68. The van der Waals surface area contributed by atoms with Gasteiger partial charge in [-0.3, -0.25) is 10.1 Å². The van der Waals surface area contributed by atoms with Gasteiger partial charge in [-0.1, -0.05) is 6.07 Å². The quantitative estimate of drug-likeness (QED) is 0.651. The van der Waals surface area contributed by atoms with Crippen LogP contribution < -0.4 is 0 Å². The van der Waals surface area contributed by atoms with Gasteiger partial charge in [-0.25, -0.2) is 4.79 Å². The Morgan fingerprint density at radius 1 is 1.56 bits per heavy atom. The van der Waals surface area contributed by atoms with Gasteiger partial charge in [0.1, 0.15) is 0 Å². The van der Waals surface area contributed by atoms with Crippen LogP contribution in [-0.2, 0) is 4.79 Å². The molecule has 1 aromatic rings. The van der Waals surface area contributed by atoms with Gasteiger partial charge in [-0.15, -0.1) is 0 Å². The van der Waals surface area contributed by atoms with Crippen LogP contribution in [0.4, 0.5) is 10.1 Å². The Labute approximate surface area is 96.6 Å². The lowest BCUT2D eigenvalue weighted by Gasteiger charge is -2.07. The zero-order valence-electron chi connectivity index (χ0n) is 7.55. The predicted octanol–water partition coefficient (Wildman–Crippen LogP) is 1.61. The van der Waals surface area contributed by atoms with Gasteiger partial charge in [0.25, 0.3) is 0 Å². The molecule has 0 amide bonds. The Bertz CT molecular complexity index is 464. The van der Waals surface area contributed by atoms with E-state index in [0.717, 1.165) is 12.1 Å². The van der Waals surface area contributed by atoms with E-state index in [4.69, 9.17) is 10.2 Å². The van der Waals surface area contributed by atoms with E-state index in [-0.39, 0.29) is 4.47 Å². The zero-order chi connectivity index (χ0) is 12.5. The standard InChI is InChI=1S/C8H5BrFNO5/c9-4-2-1-3(7(12)8(13)14)5(10)6(4)11(15)16/h1-2,7,12H,(H,13,14). The van der Waals surface area contributed by atoms with Crippen molar-refractivity contribution in [1.82, 2.24) is 0 Å². The maximum Gasteiger partial charge on any atom is 0.337 e. The SMILES string of the molecule is O=C(O)C(O)c1ccc(Br)c([N+](=O)[O-])c1F. The summed E-state index contributed by atoms with van der Waals surface area (Å²) in [7, 11) is 0. The van der Waals surface area contributed by atoms with Gasteiger partial charge in [0.2, 0.25) is 5.82 Å². The molecule has 8 heteroatoms. The van der Waals surface area contributed by atoms with E-state index in [0.29, 0.717) is 0 Å². The Morgan fingerprint density at radius 2 is 2.12 bits per heavy atom. The molecule has 1 aromatic carbocycles. The molecular weight excluding hydrogens is 289 g/mol. The summed E-state index contributed by atoms with van der Waals surface area (Å²) >= 11 is 2.76. The summed E-state index contributed by atoms with van der Waals surface area (Å²) in [6.45, 7) is 0. The van der Waals surface area contributed by atoms with Gasteiger partial charge in [-0.2, -0.15) is 4.39 Å². The number of aliphatic hydroxyl groups excluding tert-OH is 1. The van der Waals surface area contributed by atoms with Crippen molar-refractivity contribution in [3.8, 4) is 0 Å². The molecule has 0 fully saturated rings. The van der Waals surface area contributed by atoms with Crippen molar-refractivity contribution in [3.05, 3.63) is 38.1 Å². The minimum Gasteiger partial charge on any atom is -0.479 e. The molecule has 86 valence electrons. The molecule has 0 saturated heterocycles. The second kappa shape index (κ2) is 4.54. The maximum atomic E-state index is 13.5. The van der Waals surface area contributed by atoms with Crippen LogP contribution in [0.1, 0.15) is 11.7 Å². The van der Waals surface area contributed by atoms with Crippen molar-refractivity contribution in [2.75, 3.05) is 0 Å². The maximum absolute atomic E-state index is 13.5. The van der Waals surface area contributed by atoms with Gasteiger partial charge >= 0.3 is 11.7 Å². The topological polar surface area (TPSA) is 101 Å². The summed E-state index contributed by atoms with van der Waals surface area (Å²) in [5, 5.41) is 28.1. The number of hydrogen-bond acceptors (Lipinski definition) is 4. The molecule has 0 aliphatic rings. The monoisotopic (exact) mass is 293 g/mol. The minimum atomic E-state index is -2.13. The molecular formula is C8H5BrFNO5. The van der Waals surface area contributed by atoms with Crippen molar-refractivity contribution in [1.29, 1.82) is 0 Å². The first kappa shape index (κ1) is 12.5. The fourth-order valence-electron chi connectivity index (χ4n) is 1.07. The summed E-state index contributed by atoms with van der Waals surface area (Å²) in [6.07, 6.45) is -2.13. The van der Waals surface area contributed by atoms with Gasteiger partial charge in [0.05, 0.1) is 9.40 Å². The van der Waals surface area contributed by atoms with E-state index in [2.05, 4.69) is 15.9 Å². The number of halogens is 2. The third-order valence-electron chi connectivity index (χ3n) is 1.81. The molecule has 2 N–H and O–H groups in total. The molecule has 0 aliphatic heterocycles. The number of benzene rings is 1. The van der Waals surface area contributed by atoms with Crippen molar-refractivity contribution in [3.63, 3.8) is 0 Å². The zero-order valence-corrected chi connectivity index (χ0v) is 9.14. The van der Waals surface area contributed by atoms with E-state index < -0.39 is 34.1 Å². The number of carboxylic acid groups (broad SMARTS) is 1. The van der Waals surface area contributed by atoms with E-state index in [9.17, 15) is 19.3 Å². The number of aliphatic carboxylic acids is 1. The summed E-state index contributed by atoms with van der Waals surface area (Å²) in [5.74, 6) is -3.05. The van der Waals surface area contributed by atoms with Crippen molar-refractivity contribution >= 4 is 27.6 Å². The van der Waals surface area contributed by atoms with Crippen molar-refractivity contribution in [2.24, 2.45) is 0 Å². The van der Waals surface area contributed by atoms with E-state index in [1.807, 2.05) is 0 Å². The third-order valence-corrected chi connectivity index (χ3v) is 2.45. The van der Waals surface area contributed by atoms with Crippen LogP contribution in [0.2, 0.25) is 0 Å². The predicted molar refractivity (Wildman–Crippen MR) is 53.4 cm³/mol. The highest BCUT2D eigenvalue weighted by Crippen LogP contribution is 2.32. The number of carbonyl (C=O) groups is 1. The van der Waals surface area contributed by atoms with E-state index >= 15 is 0 Å². The number of nitro benzene ring substituents is 1. The fourth-order valence-corrected chi connectivity index (χ4v) is 1.52. The molecule has 0 saturated carbocycles. The molecule has 0 aromatic heterocycles. The number of nitrogens with zero attached hydrogens (tertiary/aromatic N) is 1. The highest BCUT2D eigenvalue weighted by Gasteiger charge is 2.28. The summed E-state index contributed by atoms with van der Waals surface area (Å²) in [4.78, 5) is 19.9. The van der Waals surface area contributed by atoms with Gasteiger partial charge < -0.3 is 10.2 Å². The summed E-state index contributed by atoms with van der Waals surface area (Å²) in [6, 6.07) is 2.06. The molecule has 0 heterocycles. The second-order valence-electron chi connectivity index (χ2n) is 2.80. The van der Waals surface area contributed by atoms with Crippen LogP contribution in [0, 0.1) is 15.9 Å². The Balaban J connectivity index is 3.40. The Kier molecular flexibility index (Phi) is 3.55. The van der Waals surface area contributed by atoms with Gasteiger partial charge in [-0.05, 0) is 22.0 Å². The fraction of sp³-hybridized carbons (Fsp3) is 0.125. The van der Waals surface area contributed by atoms with Gasteiger partial charge in [0, 0.05) is 5.56 Å². The van der Waals surface area contributed by atoms with Crippen LogP contribution in [0.25, 0.3) is 0 Å². The number of aliphatic hydroxyl groups is 1. The van der Waals surface area contributed by atoms with E-state index in [1.54, 1.807) is 0 Å². The van der Waals surface area contributed by atoms with Crippen LogP contribution in [-0.4, -0.2) is 21.1 Å². The first-order valence-electron chi connectivity index (χ1n) is 3.89. The minimum absolute atomic E-state index is 0.128. The van der Waals surface area contributed by atoms with Crippen molar-refractivity contribution < 1.29 is 24.3 Å². The highest BCUT2D eigenvalue weighted by atomic mass is 79.9. The summed E-state index contributed by atoms with van der Waals surface area (Å²) < 4.78 is 13.4. The van der Waals surface area contributed by atoms with Crippen LogP contribution in [0.5, 0.6) is 0 Å². The smallest absolute Gasteiger partial charge is 0.337 e. The van der Waals surface area contributed by atoms with Crippen LogP contribution in [0.15, 0.2) is 16.6 Å². The Hall–Kier alpha value is -1.54. The van der Waals surface area contributed by atoms with Crippen molar-refractivity contribution in [2.45, 2.75) is 6.10 Å². The number of nitro groups is 1. The Morgan fingerprint density at radius 3 is 2.56 bits per heavy atom. The average Bonchev–Trinajstić information content (AvgIpc) is 2.16. The molecule has 6 nitrogen and oxygen atoms in total. The molecule has 1 unspecified atom stereocenters. The van der Waals surface area contributed by atoms with Crippen LogP contribution >= 0.6 is 15.9 Å². The highest BCUT2D eigenvalue weighted by molar-refractivity contribution is 9.10. The number of hydrogen-bond donors (Lipinski definition) is 2. The molecule has 1 rings (SSSR count). The largest absolute Gasteiger partial charge is 0.479 e. The molecule has 0 aliphatic carbocycles. The lowest BCUT2D eigenvalue weighted by molar-refractivity contribution is -0.388. The van der Waals surface area contributed by atoms with E-state index in [1.165, 1.54) is 0 Å². The molecule has 16 heavy (non-hydrogen) atoms. The molecule has 0 spiro atoms. The third kappa shape index (κ3) is 2.17. The first-order chi connectivity index (χ1) is 7.36. The average molecular weight is 294 g/mol. The lowest BCUT2D eigenvalue weighted by Crippen LogP contribution is -2.13. The second-order valence-corrected chi connectivity index (χ2v) is 3.65. The summed E-state index contributed by atoms with van der Waals surface area (Å²) in [5.41, 5.74) is -1.56. The molecule has 0 bridgehead atoms. The van der Waals surface area contributed by atoms with Crippen LogP contribution in [0.3, 0.4) is 0 Å².